The summed E-state index contributed by atoms with van der Waals surface area (Å²) in [6.45, 7) is 3.73. The van der Waals surface area contributed by atoms with E-state index in [1.54, 1.807) is 25.1 Å². The molecular weight excluding hydrogens is 797 g/mol. The zero-order chi connectivity index (χ0) is 44.4. The highest BCUT2D eigenvalue weighted by Gasteiger charge is 2.32. The van der Waals surface area contributed by atoms with Gasteiger partial charge in [-0.3, -0.25) is 28.8 Å². The van der Waals surface area contributed by atoms with Crippen LogP contribution in [-0.2, 0) is 46.5 Å². The third kappa shape index (κ3) is 12.5. The average Bonchev–Trinajstić information content (AvgIpc) is 3.80. The van der Waals surface area contributed by atoms with Crippen LogP contribution in [0.5, 0.6) is 5.75 Å². The van der Waals surface area contributed by atoms with Gasteiger partial charge in [-0.25, -0.2) is 9.86 Å². The van der Waals surface area contributed by atoms with Gasteiger partial charge >= 0.3 is 11.9 Å². The molecule has 4 aromatic carbocycles. The predicted molar refractivity (Wildman–Crippen MR) is 229 cm³/mol. The van der Waals surface area contributed by atoms with Crippen molar-refractivity contribution in [1.82, 2.24) is 21.0 Å². The Bertz CT molecular complexity index is 2310. The number of hydrogen-bond donors (Lipinski definition) is 3. The largest absolute Gasteiger partial charge is 0.493 e. The first-order valence-electron chi connectivity index (χ1n) is 20.4. The van der Waals surface area contributed by atoms with Crippen LogP contribution in [0.4, 0.5) is 0 Å². The summed E-state index contributed by atoms with van der Waals surface area (Å²) < 4.78 is 21.0. The lowest BCUT2D eigenvalue weighted by Crippen LogP contribution is -2.48. The van der Waals surface area contributed by atoms with Gasteiger partial charge in [0.2, 0.25) is 12.3 Å². The maximum atomic E-state index is 13.9. The van der Waals surface area contributed by atoms with Crippen LogP contribution in [-0.4, -0.2) is 80.7 Å². The number of furan rings is 1. The van der Waals surface area contributed by atoms with Gasteiger partial charge in [-0.1, -0.05) is 85.8 Å². The van der Waals surface area contributed by atoms with Crippen molar-refractivity contribution in [3.05, 3.63) is 126 Å². The van der Waals surface area contributed by atoms with Crippen LogP contribution in [0.25, 0.3) is 22.1 Å². The van der Waals surface area contributed by atoms with Crippen molar-refractivity contribution < 1.29 is 52.2 Å². The van der Waals surface area contributed by atoms with Crippen molar-refractivity contribution in [3.8, 4) is 17.1 Å². The van der Waals surface area contributed by atoms with E-state index in [-0.39, 0.29) is 48.6 Å². The predicted octanol–water partition coefficient (Wildman–Crippen LogP) is 6.14. The van der Waals surface area contributed by atoms with Crippen LogP contribution < -0.4 is 20.7 Å². The summed E-state index contributed by atoms with van der Waals surface area (Å²) in [5.74, 6) is -3.47. The van der Waals surface area contributed by atoms with Gasteiger partial charge in [-0.05, 0) is 78.8 Å². The fourth-order valence-corrected chi connectivity index (χ4v) is 6.99. The molecule has 0 aliphatic carbocycles. The van der Waals surface area contributed by atoms with Crippen LogP contribution in [0.1, 0.15) is 71.6 Å². The highest BCUT2D eigenvalue weighted by Crippen LogP contribution is 2.30. The molecule has 0 saturated carbocycles. The minimum atomic E-state index is -1.30. The van der Waals surface area contributed by atoms with Crippen molar-refractivity contribution in [2.24, 2.45) is 5.92 Å². The second-order valence-electron chi connectivity index (χ2n) is 14.2. The monoisotopic (exact) mass is 848 g/mol. The Hall–Kier alpha value is -7.00. The van der Waals surface area contributed by atoms with Gasteiger partial charge in [-0.15, -0.1) is 0 Å². The number of amides is 4. The third-order valence-corrected chi connectivity index (χ3v) is 10.2. The lowest BCUT2D eigenvalue weighted by Gasteiger charge is -2.32. The fraction of sp³-hybridized carbons (Fsp3) is 0.319. The van der Waals surface area contributed by atoms with Crippen LogP contribution in [0, 0.1) is 5.92 Å². The Labute approximate surface area is 360 Å². The van der Waals surface area contributed by atoms with Crippen LogP contribution in [0.3, 0.4) is 0 Å². The number of carbonyl (C=O) groups excluding carboxylic acids is 6. The molecule has 4 amide bonds. The molecule has 0 aliphatic heterocycles. The number of rotatable bonds is 23. The first kappa shape index (κ1) is 46.1. The van der Waals surface area contributed by atoms with E-state index in [4.69, 9.17) is 18.7 Å². The van der Waals surface area contributed by atoms with Gasteiger partial charge in [-0.2, -0.15) is 0 Å². The SMILES string of the molecule is CCOc1cc(-c2ccc(C(=O)NCNC(=O)[C@H](CCCc3ccc4ccccc4c3)[C@@H](CC)N(C=O)OCc3ccccc3)o2)ccc1C(=O)N[C@@H](CC(=O)OC)C(=O)OC. The number of carbonyl (C=O) groups is 6. The van der Waals surface area contributed by atoms with E-state index in [1.165, 1.54) is 17.2 Å². The molecule has 3 atom stereocenters. The summed E-state index contributed by atoms with van der Waals surface area (Å²) in [4.78, 5) is 82.8. The van der Waals surface area contributed by atoms with E-state index in [0.717, 1.165) is 36.1 Å². The average molecular weight is 849 g/mol. The van der Waals surface area contributed by atoms with E-state index in [1.807, 2.05) is 49.4 Å². The zero-order valence-corrected chi connectivity index (χ0v) is 35.2. The van der Waals surface area contributed by atoms with Gasteiger partial charge < -0.3 is 34.6 Å². The Kier molecular flexibility index (Phi) is 17.2. The second kappa shape index (κ2) is 23.1. The molecule has 0 spiro atoms. The zero-order valence-electron chi connectivity index (χ0n) is 35.2. The summed E-state index contributed by atoms with van der Waals surface area (Å²) in [7, 11) is 2.30. The molecule has 326 valence electrons. The number of nitrogens with one attached hydrogen (secondary N) is 3. The smallest absolute Gasteiger partial charge is 0.328 e. The number of esters is 2. The summed E-state index contributed by atoms with van der Waals surface area (Å²) in [6.07, 6.45) is 2.40. The Morgan fingerprint density at radius 3 is 2.26 bits per heavy atom. The highest BCUT2D eigenvalue weighted by atomic mass is 16.7. The molecule has 15 nitrogen and oxygen atoms in total. The van der Waals surface area contributed by atoms with E-state index in [9.17, 15) is 28.8 Å². The lowest BCUT2D eigenvalue weighted by molar-refractivity contribution is -0.200. The summed E-state index contributed by atoms with van der Waals surface area (Å²) in [5, 5.41) is 11.5. The van der Waals surface area contributed by atoms with E-state index < -0.39 is 48.2 Å². The Morgan fingerprint density at radius 2 is 1.55 bits per heavy atom. The minimum Gasteiger partial charge on any atom is -0.493 e. The number of fused-ring (bicyclic) bond motifs is 1. The molecule has 0 radical (unpaired) electrons. The fourth-order valence-electron chi connectivity index (χ4n) is 6.99. The van der Waals surface area contributed by atoms with Gasteiger partial charge in [0.15, 0.2) is 5.76 Å². The molecule has 0 saturated heterocycles. The van der Waals surface area contributed by atoms with Crippen molar-refractivity contribution in [1.29, 1.82) is 0 Å². The summed E-state index contributed by atoms with van der Waals surface area (Å²) in [5.41, 5.74) is 2.55. The first-order valence-corrected chi connectivity index (χ1v) is 20.4. The number of nitrogens with zero attached hydrogens (tertiary/aromatic N) is 1. The van der Waals surface area contributed by atoms with Gasteiger partial charge in [0.1, 0.15) is 24.2 Å². The topological polar surface area (TPSA) is 192 Å². The molecule has 3 N–H and O–H groups in total. The molecular formula is C47H52N4O11. The molecule has 1 aromatic heterocycles. The van der Waals surface area contributed by atoms with E-state index in [2.05, 4.69) is 51.0 Å². The standard InChI is InChI=1S/C47H52N4O11/c1-5-39(51(30-52)61-28-32-13-8-7-9-14-32)36(18-12-15-31-19-20-33-16-10-11-17-34(33)25-31)44(54)48-29-49-46(56)41-24-23-40(62-41)35-21-22-37(42(26-35)60-6-2)45(55)50-38(47(57)59-4)27-43(53)58-3/h7-11,13-14,16-17,19-26,30,36,38-39H,5-6,12,15,18,27-29H2,1-4H3,(H,48,54)(H,49,56)(H,50,55)/t36-,38+,39-/m1/s1. The number of aryl methyl sites for hydroxylation is 1. The van der Waals surface area contributed by atoms with Crippen molar-refractivity contribution in [2.45, 2.75) is 64.6 Å². The lowest BCUT2D eigenvalue weighted by atomic mass is 9.90. The molecule has 62 heavy (non-hydrogen) atoms. The number of hydroxylamine groups is 2. The van der Waals surface area contributed by atoms with Gasteiger partial charge in [0.25, 0.3) is 11.8 Å². The van der Waals surface area contributed by atoms with Crippen LogP contribution in [0.15, 0.2) is 108 Å². The molecule has 5 aromatic rings. The molecule has 5 rings (SSSR count). The van der Waals surface area contributed by atoms with Gasteiger partial charge in [0, 0.05) is 5.56 Å². The Balaban J connectivity index is 1.24. The molecule has 0 aliphatic rings. The van der Waals surface area contributed by atoms with Gasteiger partial charge in [0.05, 0.1) is 51.4 Å². The van der Waals surface area contributed by atoms with Crippen molar-refractivity contribution in [3.63, 3.8) is 0 Å². The maximum absolute atomic E-state index is 13.9. The third-order valence-electron chi connectivity index (χ3n) is 10.2. The van der Waals surface area contributed by atoms with Crippen LogP contribution in [0.2, 0.25) is 0 Å². The number of benzene rings is 4. The Morgan fingerprint density at radius 1 is 0.790 bits per heavy atom. The molecule has 0 unspecified atom stereocenters. The highest BCUT2D eigenvalue weighted by molar-refractivity contribution is 6.00. The number of hydrogen-bond acceptors (Lipinski definition) is 11. The maximum Gasteiger partial charge on any atom is 0.328 e. The minimum absolute atomic E-state index is 0.0439. The van der Waals surface area contributed by atoms with E-state index in [0.29, 0.717) is 37.7 Å². The van der Waals surface area contributed by atoms with Crippen molar-refractivity contribution in [2.75, 3.05) is 27.5 Å². The number of methoxy groups -OCH3 is 2. The second-order valence-corrected chi connectivity index (χ2v) is 14.2. The molecule has 0 fully saturated rings. The molecule has 15 heteroatoms. The van der Waals surface area contributed by atoms with E-state index >= 15 is 0 Å². The summed E-state index contributed by atoms with van der Waals surface area (Å²) in [6, 6.07) is 29.6. The quantitative estimate of drug-likeness (QED) is 0.0296. The normalized spacial score (nSPS) is 12.3. The first-order chi connectivity index (χ1) is 30.1. The van der Waals surface area contributed by atoms with Crippen molar-refractivity contribution >= 4 is 46.8 Å². The molecule has 1 heterocycles. The molecule has 0 bridgehead atoms. The summed E-state index contributed by atoms with van der Waals surface area (Å²) >= 11 is 0. The number of ether oxygens (including phenoxy) is 3. The van der Waals surface area contributed by atoms with Crippen LogP contribution >= 0.6 is 0 Å².